The van der Waals surface area contributed by atoms with Crippen molar-refractivity contribution in [2.75, 3.05) is 48.5 Å². The van der Waals surface area contributed by atoms with Crippen LogP contribution in [0.15, 0.2) is 12.1 Å². The zero-order valence-electron chi connectivity index (χ0n) is 13.2. The third-order valence-corrected chi connectivity index (χ3v) is 3.19. The Hall–Kier alpha value is -1.46. The molecule has 0 aromatic heterocycles. The van der Waals surface area contributed by atoms with Gasteiger partial charge < -0.3 is 24.4 Å². The summed E-state index contributed by atoms with van der Waals surface area (Å²) in [6.07, 6.45) is 1.11. The Morgan fingerprint density at radius 2 is 1.60 bits per heavy atom. The lowest BCUT2D eigenvalue weighted by Gasteiger charge is -2.20. The molecule has 1 aromatic carbocycles. The van der Waals surface area contributed by atoms with Crippen LogP contribution in [0, 0.1) is 0 Å². The molecule has 1 aromatic rings. The Kier molecular flexibility index (Phi) is 7.18. The summed E-state index contributed by atoms with van der Waals surface area (Å²) in [6, 6.07) is 3.85. The lowest BCUT2D eigenvalue weighted by Crippen LogP contribution is -2.22. The summed E-state index contributed by atoms with van der Waals surface area (Å²) in [7, 11) is 9.01. The summed E-state index contributed by atoms with van der Waals surface area (Å²) >= 11 is 0. The number of ether oxygens (including phenoxy) is 3. The minimum atomic E-state index is 0.686. The van der Waals surface area contributed by atoms with Gasteiger partial charge in [0.2, 0.25) is 0 Å². The maximum Gasteiger partial charge on any atom is 0.164 e. The van der Waals surface area contributed by atoms with Gasteiger partial charge in [-0.05, 0) is 39.7 Å². The van der Waals surface area contributed by atoms with E-state index in [1.807, 2.05) is 19.2 Å². The lowest BCUT2D eigenvalue weighted by molar-refractivity contribution is 0.308. The molecule has 114 valence electrons. The van der Waals surface area contributed by atoms with Gasteiger partial charge in [0, 0.05) is 18.2 Å². The molecular formula is C15H26N2O3. The van der Waals surface area contributed by atoms with Crippen molar-refractivity contribution in [3.8, 4) is 17.2 Å². The smallest absolute Gasteiger partial charge is 0.164 e. The Balaban J connectivity index is 2.82. The summed E-state index contributed by atoms with van der Waals surface area (Å²) in [5.74, 6) is 2.24. The molecule has 0 aliphatic heterocycles. The second-order valence-corrected chi connectivity index (χ2v) is 4.71. The van der Waals surface area contributed by atoms with Gasteiger partial charge in [-0.1, -0.05) is 0 Å². The molecule has 5 nitrogen and oxygen atoms in total. The van der Waals surface area contributed by atoms with Gasteiger partial charge >= 0.3 is 0 Å². The molecule has 0 heterocycles. The highest BCUT2D eigenvalue weighted by molar-refractivity contribution is 5.50. The van der Waals surface area contributed by atoms with Gasteiger partial charge in [0.15, 0.2) is 11.5 Å². The predicted molar refractivity (Wildman–Crippen MR) is 81.0 cm³/mol. The number of nitrogens with one attached hydrogen (secondary N) is 1. The molecule has 0 saturated heterocycles. The van der Waals surface area contributed by atoms with Crippen LogP contribution in [0.5, 0.6) is 17.2 Å². The van der Waals surface area contributed by atoms with E-state index in [1.165, 1.54) is 0 Å². The van der Waals surface area contributed by atoms with E-state index in [9.17, 15) is 0 Å². The first-order valence-electron chi connectivity index (χ1n) is 6.78. The van der Waals surface area contributed by atoms with E-state index in [0.29, 0.717) is 5.75 Å². The molecule has 0 aliphatic carbocycles. The van der Waals surface area contributed by atoms with E-state index >= 15 is 0 Å². The summed E-state index contributed by atoms with van der Waals surface area (Å²) in [5, 5.41) is 3.15. The molecule has 0 spiro atoms. The zero-order chi connectivity index (χ0) is 15.0. The van der Waals surface area contributed by atoms with Crippen LogP contribution in [0.4, 0.5) is 0 Å². The van der Waals surface area contributed by atoms with Crippen molar-refractivity contribution in [2.45, 2.75) is 13.0 Å². The monoisotopic (exact) mass is 282 g/mol. The lowest BCUT2D eigenvalue weighted by atomic mass is 10.1. The van der Waals surface area contributed by atoms with Crippen LogP contribution in [-0.4, -0.2) is 53.4 Å². The number of rotatable bonds is 9. The van der Waals surface area contributed by atoms with E-state index < -0.39 is 0 Å². The quantitative estimate of drug-likeness (QED) is 0.699. The highest BCUT2D eigenvalue weighted by Crippen LogP contribution is 2.35. The Morgan fingerprint density at radius 3 is 2.15 bits per heavy atom. The van der Waals surface area contributed by atoms with E-state index in [4.69, 9.17) is 14.2 Å². The van der Waals surface area contributed by atoms with Gasteiger partial charge in [-0.2, -0.15) is 0 Å². The number of hydrogen-bond acceptors (Lipinski definition) is 5. The molecular weight excluding hydrogens is 256 g/mol. The summed E-state index contributed by atoms with van der Waals surface area (Å²) in [4.78, 5) is 2.26. The summed E-state index contributed by atoms with van der Waals surface area (Å²) in [6.45, 7) is 2.86. The SMILES string of the molecule is CNCCCN(C)Cc1cc(OC)c(OC)cc1OC. The molecule has 0 amide bonds. The minimum absolute atomic E-state index is 0.686. The van der Waals surface area contributed by atoms with Gasteiger partial charge in [0.05, 0.1) is 21.3 Å². The van der Waals surface area contributed by atoms with Crippen molar-refractivity contribution in [3.63, 3.8) is 0 Å². The van der Waals surface area contributed by atoms with Gasteiger partial charge in [-0.15, -0.1) is 0 Å². The third-order valence-electron chi connectivity index (χ3n) is 3.19. The van der Waals surface area contributed by atoms with Gasteiger partial charge in [-0.25, -0.2) is 0 Å². The maximum absolute atomic E-state index is 5.44. The fraction of sp³-hybridized carbons (Fsp3) is 0.600. The average Bonchev–Trinajstić information content (AvgIpc) is 2.47. The van der Waals surface area contributed by atoms with Crippen LogP contribution in [0.25, 0.3) is 0 Å². The molecule has 0 fully saturated rings. The standard InChI is InChI=1S/C15H26N2O3/c1-16-7-6-8-17(2)11-12-9-14(19-4)15(20-5)10-13(12)18-3/h9-10,16H,6-8,11H2,1-5H3. The average molecular weight is 282 g/mol. The number of benzene rings is 1. The van der Waals surface area contributed by atoms with Crippen LogP contribution < -0.4 is 19.5 Å². The van der Waals surface area contributed by atoms with Crippen molar-refractivity contribution >= 4 is 0 Å². The number of hydrogen-bond donors (Lipinski definition) is 1. The highest BCUT2D eigenvalue weighted by atomic mass is 16.5. The van der Waals surface area contributed by atoms with Gasteiger partial charge in [0.1, 0.15) is 5.75 Å². The Labute approximate surface area is 121 Å². The van der Waals surface area contributed by atoms with E-state index in [2.05, 4.69) is 17.3 Å². The van der Waals surface area contributed by atoms with Crippen molar-refractivity contribution < 1.29 is 14.2 Å². The van der Waals surface area contributed by atoms with Crippen molar-refractivity contribution in [1.29, 1.82) is 0 Å². The first kappa shape index (κ1) is 16.6. The van der Waals surface area contributed by atoms with Crippen molar-refractivity contribution in [2.24, 2.45) is 0 Å². The van der Waals surface area contributed by atoms with Crippen LogP contribution in [0.1, 0.15) is 12.0 Å². The van der Waals surface area contributed by atoms with Crippen LogP contribution in [0.3, 0.4) is 0 Å². The highest BCUT2D eigenvalue weighted by Gasteiger charge is 2.13. The third kappa shape index (κ3) is 4.58. The fourth-order valence-electron chi connectivity index (χ4n) is 2.11. The molecule has 1 N–H and O–H groups in total. The predicted octanol–water partition coefficient (Wildman–Crippen LogP) is 1.75. The van der Waals surface area contributed by atoms with Crippen molar-refractivity contribution in [1.82, 2.24) is 10.2 Å². The molecule has 0 unspecified atom stereocenters. The molecule has 0 atom stereocenters. The molecule has 20 heavy (non-hydrogen) atoms. The molecule has 0 bridgehead atoms. The molecule has 0 radical (unpaired) electrons. The maximum atomic E-state index is 5.44. The van der Waals surface area contributed by atoms with Crippen LogP contribution >= 0.6 is 0 Å². The minimum Gasteiger partial charge on any atom is -0.496 e. The summed E-state index contributed by atoms with van der Waals surface area (Å²) in [5.41, 5.74) is 1.09. The molecule has 5 heteroatoms. The Bertz CT molecular complexity index is 410. The topological polar surface area (TPSA) is 43.0 Å². The van der Waals surface area contributed by atoms with E-state index in [-0.39, 0.29) is 0 Å². The van der Waals surface area contributed by atoms with E-state index in [1.54, 1.807) is 21.3 Å². The molecule has 0 saturated carbocycles. The van der Waals surface area contributed by atoms with Crippen molar-refractivity contribution in [3.05, 3.63) is 17.7 Å². The fourth-order valence-corrected chi connectivity index (χ4v) is 2.11. The first-order chi connectivity index (χ1) is 9.65. The number of methoxy groups -OCH3 is 3. The molecule has 0 aliphatic rings. The first-order valence-corrected chi connectivity index (χ1v) is 6.78. The summed E-state index contributed by atoms with van der Waals surface area (Å²) < 4.78 is 16.1. The van der Waals surface area contributed by atoms with E-state index in [0.717, 1.165) is 43.1 Å². The van der Waals surface area contributed by atoms with Crippen LogP contribution in [0.2, 0.25) is 0 Å². The zero-order valence-corrected chi connectivity index (χ0v) is 13.2. The van der Waals surface area contributed by atoms with Gasteiger partial charge in [0.25, 0.3) is 0 Å². The second-order valence-electron chi connectivity index (χ2n) is 4.71. The number of nitrogens with zero attached hydrogens (tertiary/aromatic N) is 1. The molecule has 1 rings (SSSR count). The Morgan fingerprint density at radius 1 is 1.00 bits per heavy atom. The van der Waals surface area contributed by atoms with Gasteiger partial charge in [-0.3, -0.25) is 0 Å². The largest absolute Gasteiger partial charge is 0.496 e. The van der Waals surface area contributed by atoms with Crippen LogP contribution in [-0.2, 0) is 6.54 Å². The second kappa shape index (κ2) is 8.66. The normalized spacial score (nSPS) is 10.7.